The summed E-state index contributed by atoms with van der Waals surface area (Å²) >= 11 is 5.89. The minimum atomic E-state index is 0.419. The van der Waals surface area contributed by atoms with Crippen LogP contribution in [0.4, 0.5) is 0 Å². The molecule has 0 bridgehead atoms. The van der Waals surface area contributed by atoms with E-state index in [4.69, 9.17) is 11.6 Å². The maximum Gasteiger partial charge on any atom is 0.0406 e. The number of rotatable bonds is 5. The van der Waals surface area contributed by atoms with Crippen LogP contribution in [-0.4, -0.2) is 6.04 Å². The third-order valence-corrected chi connectivity index (χ3v) is 3.72. The zero-order chi connectivity index (χ0) is 11.5. The lowest BCUT2D eigenvalue weighted by Crippen LogP contribution is -2.32. The monoisotopic (exact) mass is 237 g/mol. The minimum absolute atomic E-state index is 0.419. The van der Waals surface area contributed by atoms with Crippen molar-refractivity contribution in [3.63, 3.8) is 0 Å². The van der Waals surface area contributed by atoms with Gasteiger partial charge in [-0.2, -0.15) is 0 Å². The van der Waals surface area contributed by atoms with Gasteiger partial charge in [0.2, 0.25) is 0 Å². The van der Waals surface area contributed by atoms with Crippen LogP contribution in [-0.2, 0) is 0 Å². The fraction of sp³-hybridized carbons (Fsp3) is 0.571. The van der Waals surface area contributed by atoms with E-state index in [1.807, 2.05) is 12.1 Å². The zero-order valence-corrected chi connectivity index (χ0v) is 10.8. The molecule has 16 heavy (non-hydrogen) atoms. The molecule has 1 aromatic carbocycles. The van der Waals surface area contributed by atoms with Crippen molar-refractivity contribution in [1.82, 2.24) is 5.32 Å². The van der Waals surface area contributed by atoms with Crippen molar-refractivity contribution < 1.29 is 0 Å². The molecule has 0 aromatic heterocycles. The van der Waals surface area contributed by atoms with Crippen molar-refractivity contribution >= 4 is 11.6 Å². The summed E-state index contributed by atoms with van der Waals surface area (Å²) in [6, 6.07) is 9.26. The van der Waals surface area contributed by atoms with Gasteiger partial charge in [0.05, 0.1) is 0 Å². The summed E-state index contributed by atoms with van der Waals surface area (Å²) in [6.07, 6.45) is 4.03. The molecule has 2 rings (SSSR count). The smallest absolute Gasteiger partial charge is 0.0406 e. The highest BCUT2D eigenvalue weighted by Crippen LogP contribution is 2.35. The molecule has 1 aliphatic carbocycles. The van der Waals surface area contributed by atoms with Gasteiger partial charge >= 0.3 is 0 Å². The number of hydrogen-bond acceptors (Lipinski definition) is 1. The van der Waals surface area contributed by atoms with Gasteiger partial charge in [-0.1, -0.05) is 30.7 Å². The highest BCUT2D eigenvalue weighted by Gasteiger charge is 2.30. The van der Waals surface area contributed by atoms with E-state index in [1.54, 1.807) is 0 Å². The van der Waals surface area contributed by atoms with Gasteiger partial charge in [0.1, 0.15) is 0 Å². The molecule has 1 aromatic rings. The molecule has 2 unspecified atom stereocenters. The first-order valence-corrected chi connectivity index (χ1v) is 6.60. The van der Waals surface area contributed by atoms with Gasteiger partial charge in [0.25, 0.3) is 0 Å². The molecule has 88 valence electrons. The molecule has 2 atom stereocenters. The van der Waals surface area contributed by atoms with Gasteiger partial charge in [-0.15, -0.1) is 0 Å². The highest BCUT2D eigenvalue weighted by molar-refractivity contribution is 6.30. The number of benzene rings is 1. The van der Waals surface area contributed by atoms with Gasteiger partial charge in [-0.05, 0) is 49.8 Å². The fourth-order valence-electron chi connectivity index (χ4n) is 2.25. The highest BCUT2D eigenvalue weighted by atomic mass is 35.5. The lowest BCUT2D eigenvalue weighted by molar-refractivity contribution is 0.405. The summed E-state index contributed by atoms with van der Waals surface area (Å²) in [5, 5.41) is 4.53. The van der Waals surface area contributed by atoms with Crippen molar-refractivity contribution in [3.05, 3.63) is 34.9 Å². The molecule has 1 N–H and O–H groups in total. The average Bonchev–Trinajstić information content (AvgIpc) is 3.10. The fourth-order valence-corrected chi connectivity index (χ4v) is 2.38. The Morgan fingerprint density at radius 3 is 2.44 bits per heavy atom. The van der Waals surface area contributed by atoms with Crippen LogP contribution in [0.15, 0.2) is 24.3 Å². The Morgan fingerprint density at radius 2 is 1.94 bits per heavy atom. The summed E-state index contributed by atoms with van der Waals surface area (Å²) in [5.41, 5.74) is 1.32. The van der Waals surface area contributed by atoms with E-state index in [9.17, 15) is 0 Å². The van der Waals surface area contributed by atoms with E-state index in [0.717, 1.165) is 10.9 Å². The zero-order valence-electron chi connectivity index (χ0n) is 10.0. The molecule has 0 radical (unpaired) electrons. The lowest BCUT2D eigenvalue weighted by Gasteiger charge is -2.22. The molecule has 0 saturated heterocycles. The molecule has 1 aliphatic rings. The Kier molecular flexibility index (Phi) is 3.88. The first kappa shape index (κ1) is 11.9. The standard InChI is InChI=1S/C14H20ClN/c1-3-14(12-4-5-12)16-10(2)11-6-8-13(15)9-7-11/h6-10,12,14,16H,3-5H2,1-2H3. The van der Waals surface area contributed by atoms with Crippen LogP contribution in [0.2, 0.25) is 5.02 Å². The van der Waals surface area contributed by atoms with Crippen LogP contribution in [0, 0.1) is 5.92 Å². The van der Waals surface area contributed by atoms with Crippen LogP contribution in [0.1, 0.15) is 44.7 Å². The number of nitrogens with one attached hydrogen (secondary N) is 1. The first-order chi connectivity index (χ1) is 7.70. The maximum atomic E-state index is 5.89. The quantitative estimate of drug-likeness (QED) is 0.810. The van der Waals surface area contributed by atoms with Crippen molar-refractivity contribution in [2.75, 3.05) is 0 Å². The molecule has 0 aliphatic heterocycles. The van der Waals surface area contributed by atoms with Gasteiger partial charge in [0, 0.05) is 17.1 Å². The summed E-state index contributed by atoms with van der Waals surface area (Å²) in [7, 11) is 0. The van der Waals surface area contributed by atoms with E-state index in [0.29, 0.717) is 12.1 Å². The summed E-state index contributed by atoms with van der Waals surface area (Å²) in [5.74, 6) is 0.916. The van der Waals surface area contributed by atoms with E-state index < -0.39 is 0 Å². The second-order valence-electron chi connectivity index (χ2n) is 4.79. The largest absolute Gasteiger partial charge is 0.307 e. The van der Waals surface area contributed by atoms with Crippen LogP contribution in [0.5, 0.6) is 0 Å². The van der Waals surface area contributed by atoms with E-state index in [-0.39, 0.29) is 0 Å². The molecular formula is C14H20ClN. The predicted octanol–water partition coefficient (Wildman–Crippen LogP) is 4.18. The molecular weight excluding hydrogens is 218 g/mol. The first-order valence-electron chi connectivity index (χ1n) is 6.22. The third kappa shape index (κ3) is 2.99. The Hall–Kier alpha value is -0.530. The summed E-state index contributed by atoms with van der Waals surface area (Å²) < 4.78 is 0. The van der Waals surface area contributed by atoms with Crippen LogP contribution >= 0.6 is 11.6 Å². The Labute approximate surface area is 103 Å². The summed E-state index contributed by atoms with van der Waals surface area (Å²) in [6.45, 7) is 4.50. The van der Waals surface area contributed by atoms with E-state index in [2.05, 4.69) is 31.3 Å². The molecule has 2 heteroatoms. The number of hydrogen-bond donors (Lipinski definition) is 1. The van der Waals surface area contributed by atoms with Gasteiger partial charge in [-0.25, -0.2) is 0 Å². The van der Waals surface area contributed by atoms with Crippen LogP contribution < -0.4 is 5.32 Å². The molecule has 1 fully saturated rings. The minimum Gasteiger partial charge on any atom is -0.307 e. The molecule has 0 spiro atoms. The molecule has 1 saturated carbocycles. The van der Waals surface area contributed by atoms with Crippen molar-refractivity contribution in [3.8, 4) is 0 Å². The normalized spacial score (nSPS) is 19.4. The molecule has 0 amide bonds. The van der Waals surface area contributed by atoms with Crippen molar-refractivity contribution in [2.45, 2.75) is 45.2 Å². The lowest BCUT2D eigenvalue weighted by atomic mass is 10.0. The van der Waals surface area contributed by atoms with Crippen molar-refractivity contribution in [2.24, 2.45) is 5.92 Å². The van der Waals surface area contributed by atoms with E-state index >= 15 is 0 Å². The van der Waals surface area contributed by atoms with Crippen molar-refractivity contribution in [1.29, 1.82) is 0 Å². The third-order valence-electron chi connectivity index (χ3n) is 3.46. The topological polar surface area (TPSA) is 12.0 Å². The van der Waals surface area contributed by atoms with E-state index in [1.165, 1.54) is 24.8 Å². The van der Waals surface area contributed by atoms with Gasteiger partial charge in [0.15, 0.2) is 0 Å². The molecule has 0 heterocycles. The van der Waals surface area contributed by atoms with Crippen LogP contribution in [0.25, 0.3) is 0 Å². The van der Waals surface area contributed by atoms with Gasteiger partial charge in [-0.3, -0.25) is 0 Å². The molecule has 1 nitrogen and oxygen atoms in total. The number of halogens is 1. The predicted molar refractivity (Wildman–Crippen MR) is 69.8 cm³/mol. The second kappa shape index (κ2) is 5.20. The Balaban J connectivity index is 1.95. The SMILES string of the molecule is CCC(NC(C)c1ccc(Cl)cc1)C1CC1. The second-order valence-corrected chi connectivity index (χ2v) is 5.23. The Morgan fingerprint density at radius 1 is 1.31 bits per heavy atom. The van der Waals surface area contributed by atoms with Crippen LogP contribution in [0.3, 0.4) is 0 Å². The Bertz CT molecular complexity index is 329. The average molecular weight is 238 g/mol. The van der Waals surface area contributed by atoms with Gasteiger partial charge < -0.3 is 5.32 Å². The maximum absolute atomic E-state index is 5.89. The summed E-state index contributed by atoms with van der Waals surface area (Å²) in [4.78, 5) is 0.